The zero-order valence-electron chi connectivity index (χ0n) is 22.0. The molecule has 0 amide bonds. The predicted molar refractivity (Wildman–Crippen MR) is 153 cm³/mol. The highest BCUT2D eigenvalue weighted by Gasteiger charge is 2.20. The third kappa shape index (κ3) is 6.94. The Morgan fingerprint density at radius 3 is 2.08 bits per heavy atom. The number of piperidine rings is 2. The third-order valence-corrected chi connectivity index (χ3v) is 6.99. The van der Waals surface area contributed by atoms with Crippen LogP contribution in [0.15, 0.2) is 47.6 Å². The molecule has 2 fully saturated rings. The van der Waals surface area contributed by atoms with E-state index in [1.54, 1.807) is 48.7 Å². The van der Waals surface area contributed by atoms with Crippen LogP contribution < -0.4 is 24.7 Å². The summed E-state index contributed by atoms with van der Waals surface area (Å²) in [6.45, 7) is 3.78. The molecule has 3 aromatic rings. The Kier molecular flexibility index (Phi) is 8.72. The molecule has 2 saturated heterocycles. The molecule has 5 rings (SSSR count). The molecule has 0 atom stereocenters. The summed E-state index contributed by atoms with van der Waals surface area (Å²) < 4.78 is 11.0. The summed E-state index contributed by atoms with van der Waals surface area (Å²) in [5.74, 6) is 1.99. The van der Waals surface area contributed by atoms with Crippen LogP contribution in [0.4, 0.5) is 17.8 Å². The van der Waals surface area contributed by atoms with E-state index in [9.17, 15) is 4.79 Å². The minimum Gasteiger partial charge on any atom is -0.493 e. The van der Waals surface area contributed by atoms with Crippen LogP contribution in [-0.2, 0) is 0 Å². The van der Waals surface area contributed by atoms with Gasteiger partial charge in [-0.1, -0.05) is 11.6 Å². The minimum absolute atomic E-state index is 0.303. The first-order chi connectivity index (χ1) is 19.1. The van der Waals surface area contributed by atoms with Gasteiger partial charge in [-0.25, -0.2) is 10.2 Å². The molecular weight excluding hydrogens is 518 g/mol. The van der Waals surface area contributed by atoms with Crippen molar-refractivity contribution in [2.45, 2.75) is 38.5 Å². The van der Waals surface area contributed by atoms with Crippen LogP contribution in [-0.4, -0.2) is 60.4 Å². The van der Waals surface area contributed by atoms with E-state index in [0.29, 0.717) is 39.9 Å². The van der Waals surface area contributed by atoms with Crippen molar-refractivity contribution < 1.29 is 14.3 Å². The van der Waals surface area contributed by atoms with Crippen molar-refractivity contribution in [1.82, 2.24) is 15.0 Å². The summed E-state index contributed by atoms with van der Waals surface area (Å²) >= 11 is 5.90. The second kappa shape index (κ2) is 12.8. The maximum Gasteiger partial charge on any atom is 0.343 e. The molecule has 1 N–H and O–H groups in total. The lowest BCUT2D eigenvalue weighted by molar-refractivity contribution is 0.0729. The Hall–Kier alpha value is -3.92. The molecule has 2 aromatic carbocycles. The van der Waals surface area contributed by atoms with Crippen LogP contribution in [0.3, 0.4) is 0 Å². The molecule has 2 aliphatic heterocycles. The average Bonchev–Trinajstić information content (AvgIpc) is 2.99. The average molecular weight is 550 g/mol. The molecule has 39 heavy (non-hydrogen) atoms. The number of aromatic nitrogens is 3. The van der Waals surface area contributed by atoms with Gasteiger partial charge in [0, 0.05) is 31.2 Å². The van der Waals surface area contributed by atoms with Gasteiger partial charge >= 0.3 is 5.97 Å². The van der Waals surface area contributed by atoms with Gasteiger partial charge in [0.15, 0.2) is 11.5 Å². The first kappa shape index (κ1) is 26.7. The maximum absolute atomic E-state index is 12.5. The summed E-state index contributed by atoms with van der Waals surface area (Å²) in [6.07, 6.45) is 8.66. The van der Waals surface area contributed by atoms with Crippen LogP contribution >= 0.6 is 11.6 Å². The fraction of sp³-hybridized carbons (Fsp3) is 0.393. The van der Waals surface area contributed by atoms with E-state index in [2.05, 4.69) is 30.3 Å². The van der Waals surface area contributed by atoms with Crippen molar-refractivity contribution >= 4 is 41.6 Å². The van der Waals surface area contributed by atoms with Gasteiger partial charge in [-0.15, -0.1) is 0 Å². The summed E-state index contributed by atoms with van der Waals surface area (Å²) in [5.41, 5.74) is 4.11. The summed E-state index contributed by atoms with van der Waals surface area (Å²) in [5, 5.41) is 4.91. The first-order valence-corrected chi connectivity index (χ1v) is 13.7. The molecule has 0 bridgehead atoms. The lowest BCUT2D eigenvalue weighted by Gasteiger charge is -2.30. The zero-order chi connectivity index (χ0) is 27.0. The number of rotatable bonds is 8. The number of methoxy groups -OCH3 is 1. The van der Waals surface area contributed by atoms with Crippen molar-refractivity contribution in [3.05, 3.63) is 58.6 Å². The van der Waals surface area contributed by atoms with Gasteiger partial charge in [0.25, 0.3) is 0 Å². The van der Waals surface area contributed by atoms with Crippen LogP contribution in [0, 0.1) is 0 Å². The van der Waals surface area contributed by atoms with E-state index in [-0.39, 0.29) is 0 Å². The molecule has 10 nitrogen and oxygen atoms in total. The van der Waals surface area contributed by atoms with E-state index in [4.69, 9.17) is 26.1 Å². The van der Waals surface area contributed by atoms with Gasteiger partial charge in [-0.3, -0.25) is 0 Å². The largest absolute Gasteiger partial charge is 0.493 e. The summed E-state index contributed by atoms with van der Waals surface area (Å²) in [7, 11) is 1.52. The number of nitrogens with zero attached hydrogens (tertiary/aromatic N) is 6. The van der Waals surface area contributed by atoms with E-state index < -0.39 is 5.97 Å². The molecule has 3 heterocycles. The van der Waals surface area contributed by atoms with Crippen LogP contribution in [0.5, 0.6) is 11.5 Å². The monoisotopic (exact) mass is 549 g/mol. The summed E-state index contributed by atoms with van der Waals surface area (Å²) in [4.78, 5) is 31.1. The number of nitrogens with one attached hydrogen (secondary N) is 1. The van der Waals surface area contributed by atoms with Gasteiger partial charge in [0.1, 0.15) is 0 Å². The maximum atomic E-state index is 12.5. The van der Waals surface area contributed by atoms with E-state index >= 15 is 0 Å². The molecule has 1 aromatic heterocycles. The lowest BCUT2D eigenvalue weighted by Crippen LogP contribution is -2.34. The molecule has 0 saturated carbocycles. The standard InChI is InChI=1S/C28H32ClN7O3/c1-38-24-18-20(8-13-23(24)39-25(37)21-9-11-22(29)12-10-21)19-30-34-26-31-27(35-14-4-2-5-15-35)33-28(32-26)36-16-6-3-7-17-36/h8-13,18-19H,2-7,14-17H2,1H3,(H,31,32,33,34)/b30-19+. The van der Waals surface area contributed by atoms with Gasteiger partial charge in [-0.2, -0.15) is 20.1 Å². The van der Waals surface area contributed by atoms with Crippen molar-refractivity contribution in [2.75, 3.05) is 48.5 Å². The molecular formula is C28H32ClN7O3. The zero-order valence-corrected chi connectivity index (χ0v) is 22.7. The second-order valence-corrected chi connectivity index (χ2v) is 9.97. The van der Waals surface area contributed by atoms with Crippen molar-refractivity contribution in [1.29, 1.82) is 0 Å². The number of carbonyl (C=O) groups is 1. The topological polar surface area (TPSA) is 105 Å². The first-order valence-electron chi connectivity index (χ1n) is 13.3. The van der Waals surface area contributed by atoms with E-state index in [0.717, 1.165) is 57.4 Å². The third-order valence-electron chi connectivity index (χ3n) is 6.74. The number of halogens is 1. The molecule has 0 aliphatic carbocycles. The normalized spacial score (nSPS) is 15.8. The lowest BCUT2D eigenvalue weighted by atomic mass is 10.1. The van der Waals surface area contributed by atoms with Crippen LogP contribution in [0.2, 0.25) is 5.02 Å². The number of hydrazone groups is 1. The molecule has 11 heteroatoms. The van der Waals surface area contributed by atoms with Gasteiger partial charge in [0.2, 0.25) is 17.8 Å². The highest BCUT2D eigenvalue weighted by molar-refractivity contribution is 6.30. The van der Waals surface area contributed by atoms with E-state index in [1.165, 1.54) is 20.0 Å². The summed E-state index contributed by atoms with van der Waals surface area (Å²) in [6, 6.07) is 11.7. The molecule has 204 valence electrons. The molecule has 0 radical (unpaired) electrons. The number of hydrogen-bond acceptors (Lipinski definition) is 10. The second-order valence-electron chi connectivity index (χ2n) is 9.53. The van der Waals surface area contributed by atoms with Crippen LogP contribution in [0.25, 0.3) is 0 Å². The molecule has 0 unspecified atom stereocenters. The number of hydrogen-bond donors (Lipinski definition) is 1. The molecule has 0 spiro atoms. The smallest absolute Gasteiger partial charge is 0.343 e. The van der Waals surface area contributed by atoms with Crippen molar-refractivity contribution in [2.24, 2.45) is 5.10 Å². The number of ether oxygens (including phenoxy) is 2. The van der Waals surface area contributed by atoms with E-state index in [1.807, 2.05) is 0 Å². The Morgan fingerprint density at radius 2 is 1.49 bits per heavy atom. The predicted octanol–water partition coefficient (Wildman–Crippen LogP) is 5.18. The Balaban J connectivity index is 1.30. The van der Waals surface area contributed by atoms with Crippen molar-refractivity contribution in [3.8, 4) is 11.5 Å². The van der Waals surface area contributed by atoms with Gasteiger partial charge < -0.3 is 19.3 Å². The molecule has 2 aliphatic rings. The Bertz CT molecular complexity index is 1270. The number of esters is 1. The Morgan fingerprint density at radius 1 is 0.872 bits per heavy atom. The number of carbonyl (C=O) groups excluding carboxylic acids is 1. The fourth-order valence-corrected chi connectivity index (χ4v) is 4.76. The Labute approximate surface area is 233 Å². The van der Waals surface area contributed by atoms with Crippen molar-refractivity contribution in [3.63, 3.8) is 0 Å². The van der Waals surface area contributed by atoms with Gasteiger partial charge in [0.05, 0.1) is 18.9 Å². The van der Waals surface area contributed by atoms with Crippen LogP contribution in [0.1, 0.15) is 54.4 Å². The minimum atomic E-state index is -0.503. The highest BCUT2D eigenvalue weighted by Crippen LogP contribution is 2.29. The SMILES string of the molecule is COc1cc(/C=N/Nc2nc(N3CCCCC3)nc(N3CCCCC3)n2)ccc1OC(=O)c1ccc(Cl)cc1. The fourth-order valence-electron chi connectivity index (χ4n) is 4.63. The number of anilines is 3. The number of benzene rings is 2. The highest BCUT2D eigenvalue weighted by atomic mass is 35.5. The van der Waals surface area contributed by atoms with Gasteiger partial charge in [-0.05, 0) is 86.6 Å². The quantitative estimate of drug-likeness (QED) is 0.176.